The summed E-state index contributed by atoms with van der Waals surface area (Å²) in [5.41, 5.74) is -0.120. The van der Waals surface area contributed by atoms with Gasteiger partial charge in [-0.2, -0.15) is 12.6 Å². The van der Waals surface area contributed by atoms with Crippen molar-refractivity contribution < 1.29 is 24.6 Å². The van der Waals surface area contributed by atoms with Crippen LogP contribution < -0.4 is 10.6 Å². The molecule has 124 valence electrons. The lowest BCUT2D eigenvalue weighted by Crippen LogP contribution is -2.46. The van der Waals surface area contributed by atoms with Gasteiger partial charge in [-0.15, -0.1) is 0 Å². The molecule has 0 aliphatic carbocycles. The van der Waals surface area contributed by atoms with Crippen LogP contribution in [0.5, 0.6) is 0 Å². The molecule has 1 unspecified atom stereocenters. The standard InChI is InChI=1S/C8H10O3.C6H12N2O2S/c1-3-5-7(9)6(4-2)8(10)11;1-4(9)8-5(3-11)6(10)7-2/h3-5,9H,1H2,2H3,(H,10,11);5,11H,3H2,1-2H3,(H,7,10)(H,8,9)/b6-4+,7-5+;. The van der Waals surface area contributed by atoms with E-state index in [0.29, 0.717) is 5.75 Å². The lowest BCUT2D eigenvalue weighted by Gasteiger charge is -2.12. The Morgan fingerprint density at radius 2 is 1.86 bits per heavy atom. The van der Waals surface area contributed by atoms with Crippen molar-refractivity contribution in [3.63, 3.8) is 0 Å². The Balaban J connectivity index is 0. The third kappa shape index (κ3) is 9.65. The molecule has 0 aromatic carbocycles. The number of likely N-dealkylation sites (N-methyl/N-ethyl adjacent to an activating group) is 1. The number of allylic oxidation sites excluding steroid dienone is 3. The zero-order valence-electron chi connectivity index (χ0n) is 12.8. The maximum Gasteiger partial charge on any atom is 0.339 e. The molecule has 22 heavy (non-hydrogen) atoms. The number of amides is 2. The first-order chi connectivity index (χ1) is 10.2. The maximum absolute atomic E-state index is 10.9. The minimum absolute atomic E-state index is 0.120. The smallest absolute Gasteiger partial charge is 0.339 e. The van der Waals surface area contributed by atoms with E-state index < -0.39 is 12.0 Å². The lowest BCUT2D eigenvalue weighted by molar-refractivity contribution is -0.132. The molecule has 4 N–H and O–H groups in total. The van der Waals surface area contributed by atoms with Gasteiger partial charge in [0.25, 0.3) is 0 Å². The van der Waals surface area contributed by atoms with Crippen molar-refractivity contribution in [1.82, 2.24) is 10.6 Å². The van der Waals surface area contributed by atoms with Crippen LogP contribution in [0.3, 0.4) is 0 Å². The Morgan fingerprint density at radius 3 is 2.14 bits per heavy atom. The van der Waals surface area contributed by atoms with Crippen molar-refractivity contribution in [1.29, 1.82) is 0 Å². The van der Waals surface area contributed by atoms with E-state index in [2.05, 4.69) is 29.8 Å². The van der Waals surface area contributed by atoms with E-state index in [0.717, 1.165) is 0 Å². The largest absolute Gasteiger partial charge is 0.507 e. The number of aliphatic hydroxyl groups excluding tert-OH is 1. The van der Waals surface area contributed by atoms with Gasteiger partial charge in [0.15, 0.2) is 0 Å². The first-order valence-electron chi connectivity index (χ1n) is 6.26. The van der Waals surface area contributed by atoms with E-state index in [-0.39, 0.29) is 23.1 Å². The second kappa shape index (κ2) is 12.5. The van der Waals surface area contributed by atoms with E-state index in [4.69, 9.17) is 10.2 Å². The number of carboxylic acid groups (broad SMARTS) is 1. The normalized spacial score (nSPS) is 12.4. The highest BCUT2D eigenvalue weighted by atomic mass is 32.1. The molecule has 0 aliphatic rings. The molecule has 8 heteroatoms. The minimum Gasteiger partial charge on any atom is -0.507 e. The maximum atomic E-state index is 10.9. The molecule has 0 saturated heterocycles. The number of aliphatic carboxylic acids is 1. The molecule has 2 amide bonds. The highest BCUT2D eigenvalue weighted by Gasteiger charge is 2.15. The van der Waals surface area contributed by atoms with E-state index in [1.54, 1.807) is 0 Å². The average Bonchev–Trinajstić information content (AvgIpc) is 2.45. The van der Waals surface area contributed by atoms with Crippen LogP contribution in [0.4, 0.5) is 0 Å². The van der Waals surface area contributed by atoms with Gasteiger partial charge in [0, 0.05) is 19.7 Å². The molecule has 0 spiro atoms. The number of rotatable bonds is 6. The molecule has 0 aromatic heterocycles. The highest BCUT2D eigenvalue weighted by molar-refractivity contribution is 7.80. The van der Waals surface area contributed by atoms with Gasteiger partial charge in [0.05, 0.1) is 5.57 Å². The van der Waals surface area contributed by atoms with Crippen molar-refractivity contribution in [2.45, 2.75) is 19.9 Å². The lowest BCUT2D eigenvalue weighted by atomic mass is 10.2. The van der Waals surface area contributed by atoms with E-state index in [1.165, 1.54) is 39.1 Å². The van der Waals surface area contributed by atoms with Gasteiger partial charge in [-0.25, -0.2) is 4.79 Å². The first-order valence-corrected chi connectivity index (χ1v) is 6.89. The Labute approximate surface area is 135 Å². The summed E-state index contributed by atoms with van der Waals surface area (Å²) < 4.78 is 0. The molecular formula is C14H22N2O5S. The molecule has 0 radical (unpaired) electrons. The van der Waals surface area contributed by atoms with Crippen LogP contribution in [-0.2, 0) is 14.4 Å². The van der Waals surface area contributed by atoms with Crippen LogP contribution in [-0.4, -0.2) is 46.8 Å². The van der Waals surface area contributed by atoms with Gasteiger partial charge in [0.2, 0.25) is 11.8 Å². The van der Waals surface area contributed by atoms with Crippen LogP contribution >= 0.6 is 12.6 Å². The van der Waals surface area contributed by atoms with Crippen LogP contribution in [0.15, 0.2) is 36.1 Å². The molecule has 0 bridgehead atoms. The van der Waals surface area contributed by atoms with Gasteiger partial charge >= 0.3 is 5.97 Å². The third-order valence-electron chi connectivity index (χ3n) is 2.19. The summed E-state index contributed by atoms with van der Waals surface area (Å²) in [6.45, 7) is 6.22. The van der Waals surface area contributed by atoms with Gasteiger partial charge < -0.3 is 20.8 Å². The zero-order valence-corrected chi connectivity index (χ0v) is 13.7. The second-order valence-corrected chi connectivity index (χ2v) is 4.21. The van der Waals surface area contributed by atoms with Gasteiger partial charge in [-0.3, -0.25) is 9.59 Å². The highest BCUT2D eigenvalue weighted by Crippen LogP contribution is 2.05. The van der Waals surface area contributed by atoms with E-state index in [1.807, 2.05) is 0 Å². The molecule has 0 fully saturated rings. The van der Waals surface area contributed by atoms with Gasteiger partial charge in [-0.1, -0.05) is 18.7 Å². The SMILES string of the molecule is C=C/C=C(O)\C(=C/C)C(=O)O.CNC(=O)C(CS)NC(C)=O. The number of thiol groups is 1. The molecule has 1 atom stereocenters. The predicted molar refractivity (Wildman–Crippen MR) is 87.8 cm³/mol. The van der Waals surface area contributed by atoms with E-state index in [9.17, 15) is 14.4 Å². The molecule has 0 aliphatic heterocycles. The molecular weight excluding hydrogens is 308 g/mol. The summed E-state index contributed by atoms with van der Waals surface area (Å²) in [5, 5.41) is 22.4. The topological polar surface area (TPSA) is 116 Å². The molecule has 0 rings (SSSR count). The number of carbonyl (C=O) groups excluding carboxylic acids is 2. The van der Waals surface area contributed by atoms with Crippen LogP contribution in [0, 0.1) is 0 Å². The van der Waals surface area contributed by atoms with Crippen molar-refractivity contribution in [3.8, 4) is 0 Å². The predicted octanol–water partition coefficient (Wildman–Crippen LogP) is 0.812. The quantitative estimate of drug-likeness (QED) is 0.214. The molecule has 0 aromatic rings. The van der Waals surface area contributed by atoms with Gasteiger partial charge in [-0.05, 0) is 13.0 Å². The number of hydrogen-bond acceptors (Lipinski definition) is 5. The van der Waals surface area contributed by atoms with Crippen LogP contribution in [0.1, 0.15) is 13.8 Å². The Kier molecular flexibility index (Phi) is 12.6. The molecule has 0 saturated carbocycles. The van der Waals surface area contributed by atoms with Gasteiger partial charge in [0.1, 0.15) is 11.8 Å². The second-order valence-electron chi connectivity index (χ2n) is 3.85. The Hall–Kier alpha value is -2.22. The van der Waals surface area contributed by atoms with Crippen molar-refractivity contribution in [2.75, 3.05) is 12.8 Å². The number of hydrogen-bond donors (Lipinski definition) is 5. The summed E-state index contributed by atoms with van der Waals surface area (Å²) in [5.74, 6) is -1.58. The number of carboxylic acids is 1. The molecule has 7 nitrogen and oxygen atoms in total. The zero-order chi connectivity index (χ0) is 17.7. The van der Waals surface area contributed by atoms with Crippen LogP contribution in [0.25, 0.3) is 0 Å². The fourth-order valence-electron chi connectivity index (χ4n) is 1.20. The Bertz CT molecular complexity index is 472. The van der Waals surface area contributed by atoms with Crippen molar-refractivity contribution in [3.05, 3.63) is 36.1 Å². The number of nitrogens with one attached hydrogen (secondary N) is 2. The minimum atomic E-state index is -1.15. The summed E-state index contributed by atoms with van der Waals surface area (Å²) in [6.07, 6.45) is 3.86. The van der Waals surface area contributed by atoms with Crippen molar-refractivity contribution >= 4 is 30.4 Å². The average molecular weight is 330 g/mol. The fourth-order valence-corrected chi connectivity index (χ4v) is 1.45. The molecule has 0 heterocycles. The number of aliphatic hydroxyl groups is 1. The van der Waals surface area contributed by atoms with E-state index >= 15 is 0 Å². The summed E-state index contributed by atoms with van der Waals surface area (Å²) >= 11 is 3.91. The van der Waals surface area contributed by atoms with Crippen molar-refractivity contribution in [2.24, 2.45) is 0 Å². The number of carbonyl (C=O) groups is 3. The summed E-state index contributed by atoms with van der Waals surface area (Å²) in [4.78, 5) is 31.8. The fraction of sp³-hybridized carbons (Fsp3) is 0.357. The summed E-state index contributed by atoms with van der Waals surface area (Å²) in [6, 6.07) is -0.527. The third-order valence-corrected chi connectivity index (χ3v) is 2.56. The summed E-state index contributed by atoms with van der Waals surface area (Å²) in [7, 11) is 1.51. The first kappa shape index (κ1) is 22.1. The Morgan fingerprint density at radius 1 is 1.32 bits per heavy atom. The van der Waals surface area contributed by atoms with Crippen LogP contribution in [0.2, 0.25) is 0 Å². The monoisotopic (exact) mass is 330 g/mol.